The highest BCUT2D eigenvalue weighted by atomic mass is 35.5. The predicted octanol–water partition coefficient (Wildman–Crippen LogP) is 5.46. The Kier molecular flexibility index (Phi) is 5.92. The summed E-state index contributed by atoms with van der Waals surface area (Å²) in [7, 11) is 0. The van der Waals surface area contributed by atoms with E-state index in [9.17, 15) is 24.9 Å². The molecule has 31 heavy (non-hydrogen) atoms. The van der Waals surface area contributed by atoms with Gasteiger partial charge in [-0.05, 0) is 57.9 Å². The number of phenolic OH excluding ortho intramolecular Hbond substituents is 2. The smallest absolute Gasteiger partial charge is 0.198 e. The molecule has 0 heterocycles. The normalized spacial score (nSPS) is 27.8. The van der Waals surface area contributed by atoms with Crippen LogP contribution in [0, 0.1) is 5.41 Å². The van der Waals surface area contributed by atoms with Crippen LogP contribution in [-0.2, 0) is 0 Å². The van der Waals surface area contributed by atoms with Crippen molar-refractivity contribution < 1.29 is 24.9 Å². The van der Waals surface area contributed by atoms with Gasteiger partial charge in [-0.25, -0.2) is 0 Å². The number of rotatable bonds is 4. The van der Waals surface area contributed by atoms with E-state index >= 15 is 0 Å². The lowest BCUT2D eigenvalue weighted by Gasteiger charge is -2.45. The summed E-state index contributed by atoms with van der Waals surface area (Å²) >= 11 is 6.87. The molecule has 3 N–H and O–H groups in total. The van der Waals surface area contributed by atoms with Crippen LogP contribution >= 0.6 is 11.6 Å². The molecule has 2 aliphatic rings. The molecule has 1 aromatic carbocycles. The first-order valence-electron chi connectivity index (χ1n) is 10.6. The van der Waals surface area contributed by atoms with E-state index in [1.54, 1.807) is 6.08 Å². The molecule has 0 spiro atoms. The standard InChI is InChI=1S/C25H31ClO5/c1-14(2)6-9-24(26)22(30)20-18(10-17(27)11-19(20)28)21(29)25(24,31)13-16-7-8-23(4,5)12-15(16)3/h6,10-11,27-28,31H,7-9,12-13H2,1-5H3. The Morgan fingerprint density at radius 3 is 2.39 bits per heavy atom. The fourth-order valence-corrected chi connectivity index (χ4v) is 5.15. The van der Waals surface area contributed by atoms with Crippen molar-refractivity contribution in [1.82, 2.24) is 0 Å². The molecule has 0 aromatic heterocycles. The van der Waals surface area contributed by atoms with Gasteiger partial charge in [0.1, 0.15) is 16.4 Å². The third-order valence-electron chi connectivity index (χ3n) is 6.68. The third kappa shape index (κ3) is 3.94. The van der Waals surface area contributed by atoms with Crippen LogP contribution in [0.25, 0.3) is 0 Å². The van der Waals surface area contributed by atoms with Gasteiger partial charge in [-0.1, -0.05) is 36.6 Å². The first-order chi connectivity index (χ1) is 14.2. The lowest BCUT2D eigenvalue weighted by Crippen LogP contribution is -2.63. The zero-order chi connectivity index (χ0) is 23.4. The Morgan fingerprint density at radius 1 is 1.16 bits per heavy atom. The van der Waals surface area contributed by atoms with Crippen molar-refractivity contribution in [3.05, 3.63) is 46.1 Å². The molecule has 0 fully saturated rings. The lowest BCUT2D eigenvalue weighted by atomic mass is 9.64. The molecule has 0 radical (unpaired) electrons. The van der Waals surface area contributed by atoms with Crippen molar-refractivity contribution in [2.75, 3.05) is 0 Å². The largest absolute Gasteiger partial charge is 0.508 e. The van der Waals surface area contributed by atoms with Gasteiger partial charge in [-0.15, -0.1) is 11.6 Å². The molecule has 3 rings (SSSR count). The Labute approximate surface area is 188 Å². The van der Waals surface area contributed by atoms with Crippen molar-refractivity contribution in [2.24, 2.45) is 5.41 Å². The zero-order valence-electron chi connectivity index (χ0n) is 18.8. The Bertz CT molecular complexity index is 1010. The van der Waals surface area contributed by atoms with Crippen molar-refractivity contribution in [1.29, 1.82) is 0 Å². The second-order valence-electron chi connectivity index (χ2n) is 10.1. The number of benzene rings is 1. The average molecular weight is 447 g/mol. The highest BCUT2D eigenvalue weighted by molar-refractivity contribution is 6.44. The summed E-state index contributed by atoms with van der Waals surface area (Å²) in [5.74, 6) is -2.35. The summed E-state index contributed by atoms with van der Waals surface area (Å²) < 4.78 is 0. The quantitative estimate of drug-likeness (QED) is 0.421. The monoisotopic (exact) mass is 446 g/mol. The van der Waals surface area contributed by atoms with Crippen LogP contribution in [0.5, 0.6) is 11.5 Å². The molecule has 1 aromatic rings. The summed E-state index contributed by atoms with van der Waals surface area (Å²) in [5, 5.41) is 32.1. The van der Waals surface area contributed by atoms with Crippen molar-refractivity contribution in [3.8, 4) is 11.5 Å². The molecule has 0 saturated heterocycles. The van der Waals surface area contributed by atoms with Crippen LogP contribution in [0.15, 0.2) is 34.9 Å². The number of aromatic hydroxyl groups is 2. The van der Waals surface area contributed by atoms with Crippen LogP contribution in [0.4, 0.5) is 0 Å². The number of phenols is 2. The minimum absolute atomic E-state index is 0.0600. The van der Waals surface area contributed by atoms with Gasteiger partial charge in [0.05, 0.1) is 5.56 Å². The van der Waals surface area contributed by atoms with E-state index < -0.39 is 27.8 Å². The molecule has 2 aliphatic carbocycles. The molecule has 0 bridgehead atoms. The van der Waals surface area contributed by atoms with Crippen LogP contribution < -0.4 is 0 Å². The van der Waals surface area contributed by atoms with E-state index in [1.807, 2.05) is 20.8 Å². The number of hydrogen-bond acceptors (Lipinski definition) is 5. The molecular weight excluding hydrogens is 416 g/mol. The van der Waals surface area contributed by atoms with Gasteiger partial charge in [0.25, 0.3) is 0 Å². The fourth-order valence-electron chi connectivity index (χ4n) is 4.83. The summed E-state index contributed by atoms with van der Waals surface area (Å²) in [4.78, 5) is 25.2. The van der Waals surface area contributed by atoms with Crippen molar-refractivity contribution in [3.63, 3.8) is 0 Å². The van der Waals surface area contributed by atoms with Crippen molar-refractivity contribution in [2.45, 2.75) is 77.2 Å². The highest BCUT2D eigenvalue weighted by Crippen LogP contribution is 2.51. The van der Waals surface area contributed by atoms with E-state index in [0.717, 1.165) is 41.7 Å². The Hall–Kier alpha value is -2.11. The van der Waals surface area contributed by atoms with Crippen molar-refractivity contribution >= 4 is 23.2 Å². The summed E-state index contributed by atoms with van der Waals surface area (Å²) in [6, 6.07) is 2.12. The Morgan fingerprint density at radius 2 is 1.81 bits per heavy atom. The number of alkyl halides is 1. The van der Waals surface area contributed by atoms with Crippen LogP contribution in [0.1, 0.15) is 87.4 Å². The SMILES string of the molecule is CC(C)=CCC1(Cl)C(=O)c2c(O)cc(O)cc2C(=O)C1(O)CC1=C(C)CC(C)(C)CC1. The number of fused-ring (bicyclic) bond motifs is 1. The molecule has 168 valence electrons. The predicted molar refractivity (Wildman–Crippen MR) is 121 cm³/mol. The molecule has 0 aliphatic heterocycles. The minimum Gasteiger partial charge on any atom is -0.508 e. The minimum atomic E-state index is -2.21. The maximum atomic E-state index is 13.6. The second-order valence-corrected chi connectivity index (χ2v) is 10.7. The summed E-state index contributed by atoms with van der Waals surface area (Å²) in [6.07, 6.45) is 4.04. The molecule has 5 nitrogen and oxygen atoms in total. The number of aliphatic hydroxyl groups is 1. The van der Waals surface area contributed by atoms with E-state index in [2.05, 4.69) is 13.8 Å². The number of halogens is 1. The van der Waals surface area contributed by atoms with Gasteiger partial charge in [0.2, 0.25) is 0 Å². The molecular formula is C25H31ClO5. The van der Waals surface area contributed by atoms with E-state index in [0.29, 0.717) is 6.42 Å². The Balaban J connectivity index is 2.20. The van der Waals surface area contributed by atoms with Gasteiger partial charge in [0, 0.05) is 18.1 Å². The van der Waals surface area contributed by atoms with Crippen LogP contribution in [0.3, 0.4) is 0 Å². The summed E-state index contributed by atoms with van der Waals surface area (Å²) in [5.41, 5.74) is 0.385. The first kappa shape index (κ1) is 23.6. The highest BCUT2D eigenvalue weighted by Gasteiger charge is 2.63. The topological polar surface area (TPSA) is 94.8 Å². The molecule has 2 unspecified atom stereocenters. The van der Waals surface area contributed by atoms with E-state index in [-0.39, 0.29) is 35.1 Å². The van der Waals surface area contributed by atoms with Crippen LogP contribution in [0.2, 0.25) is 0 Å². The first-order valence-corrected chi connectivity index (χ1v) is 11.0. The van der Waals surface area contributed by atoms with E-state index in [1.165, 1.54) is 0 Å². The zero-order valence-corrected chi connectivity index (χ0v) is 19.6. The van der Waals surface area contributed by atoms with Crippen LogP contribution in [-0.4, -0.2) is 37.4 Å². The number of carbonyl (C=O) groups is 2. The molecule has 0 saturated carbocycles. The van der Waals surface area contributed by atoms with Gasteiger partial charge >= 0.3 is 0 Å². The molecule has 0 amide bonds. The van der Waals surface area contributed by atoms with E-state index in [4.69, 9.17) is 11.6 Å². The van der Waals surface area contributed by atoms with Gasteiger partial charge in [0.15, 0.2) is 17.2 Å². The lowest BCUT2D eigenvalue weighted by molar-refractivity contribution is 0.00506. The fraction of sp³-hybridized carbons (Fsp3) is 0.520. The third-order valence-corrected chi connectivity index (χ3v) is 7.32. The number of allylic oxidation sites excluding steroid dienone is 3. The van der Waals surface area contributed by atoms with Gasteiger partial charge < -0.3 is 15.3 Å². The number of carbonyl (C=O) groups excluding carboxylic acids is 2. The maximum Gasteiger partial charge on any atom is 0.198 e. The number of hydrogen-bond donors (Lipinski definition) is 3. The van der Waals surface area contributed by atoms with Gasteiger partial charge in [-0.2, -0.15) is 0 Å². The average Bonchev–Trinajstić information content (AvgIpc) is 2.65. The van der Waals surface area contributed by atoms with Gasteiger partial charge in [-0.3, -0.25) is 9.59 Å². The number of ketones is 2. The maximum absolute atomic E-state index is 13.6. The molecule has 2 atom stereocenters. The summed E-state index contributed by atoms with van der Waals surface area (Å²) in [6.45, 7) is 10.0. The number of Topliss-reactive ketones (excluding diaryl/α,β-unsaturated/α-hetero) is 2. The molecule has 6 heteroatoms. The second kappa shape index (κ2) is 7.79.